The van der Waals surface area contributed by atoms with E-state index >= 15 is 0 Å². The van der Waals surface area contributed by atoms with Crippen LogP contribution in [0.2, 0.25) is 0 Å². The molecule has 0 amide bonds. The fourth-order valence-corrected chi connectivity index (χ4v) is 4.12. The maximum atomic E-state index is 9.48. The highest BCUT2D eigenvalue weighted by molar-refractivity contribution is 4.96. The number of nitrogens with two attached hydrogens (primary N) is 1. The zero-order valence-electron chi connectivity index (χ0n) is 12.1. The number of likely N-dealkylation sites (tertiary alicyclic amines) is 1. The Morgan fingerprint density at radius 1 is 1.28 bits per heavy atom. The minimum Gasteiger partial charge on any atom is -0.394 e. The molecule has 0 bridgehead atoms. The number of nitrogens with zero attached hydrogens (tertiary/aromatic N) is 1. The zero-order chi connectivity index (χ0) is 13.2. The molecule has 18 heavy (non-hydrogen) atoms. The van der Waals surface area contributed by atoms with Crippen LogP contribution in [0.4, 0.5) is 0 Å². The summed E-state index contributed by atoms with van der Waals surface area (Å²) >= 11 is 0. The van der Waals surface area contributed by atoms with Crippen molar-refractivity contribution in [3.8, 4) is 0 Å². The van der Waals surface area contributed by atoms with E-state index in [0.29, 0.717) is 5.92 Å². The van der Waals surface area contributed by atoms with E-state index in [9.17, 15) is 5.11 Å². The smallest absolute Gasteiger partial charge is 0.0613 e. The zero-order valence-corrected chi connectivity index (χ0v) is 12.1. The highest BCUT2D eigenvalue weighted by Gasteiger charge is 2.38. The number of rotatable bonds is 4. The Hall–Kier alpha value is -0.120. The predicted octanol–water partition coefficient (Wildman–Crippen LogP) is 1.84. The third-order valence-corrected chi connectivity index (χ3v) is 5.04. The highest BCUT2D eigenvalue weighted by Crippen LogP contribution is 2.36. The lowest BCUT2D eigenvalue weighted by molar-refractivity contribution is 0.112. The van der Waals surface area contributed by atoms with Gasteiger partial charge in [-0.1, -0.05) is 20.3 Å². The van der Waals surface area contributed by atoms with Crippen molar-refractivity contribution in [2.75, 3.05) is 26.2 Å². The Morgan fingerprint density at radius 3 is 2.56 bits per heavy atom. The summed E-state index contributed by atoms with van der Waals surface area (Å²) in [7, 11) is 0. The van der Waals surface area contributed by atoms with E-state index in [4.69, 9.17) is 5.73 Å². The second kappa shape index (κ2) is 5.89. The Balaban J connectivity index is 1.80. The summed E-state index contributed by atoms with van der Waals surface area (Å²) in [5.74, 6) is 2.19. The fourth-order valence-electron chi connectivity index (χ4n) is 4.12. The molecule has 1 saturated heterocycles. The van der Waals surface area contributed by atoms with Crippen molar-refractivity contribution in [3.05, 3.63) is 0 Å². The maximum Gasteiger partial charge on any atom is 0.0613 e. The van der Waals surface area contributed by atoms with Crippen LogP contribution in [0.5, 0.6) is 0 Å². The van der Waals surface area contributed by atoms with Gasteiger partial charge in [-0.2, -0.15) is 0 Å². The molecule has 2 rings (SSSR count). The molecule has 0 aromatic carbocycles. The van der Waals surface area contributed by atoms with Gasteiger partial charge in [0.15, 0.2) is 0 Å². The van der Waals surface area contributed by atoms with Crippen molar-refractivity contribution in [2.24, 2.45) is 23.5 Å². The molecule has 1 aliphatic carbocycles. The van der Waals surface area contributed by atoms with Crippen LogP contribution in [-0.4, -0.2) is 41.8 Å². The standard InChI is InChI=1S/C15H30N2O/c1-12-8-13(2)10-17(9-12)7-5-14-4-3-6-15(14,16)11-18/h12-14,18H,3-11,16H2,1-2H3. The molecule has 3 nitrogen and oxygen atoms in total. The summed E-state index contributed by atoms with van der Waals surface area (Å²) in [6, 6.07) is 0. The summed E-state index contributed by atoms with van der Waals surface area (Å²) in [6.45, 7) is 8.53. The summed E-state index contributed by atoms with van der Waals surface area (Å²) in [6.07, 6.45) is 5.93. The molecular formula is C15H30N2O. The third kappa shape index (κ3) is 3.25. The van der Waals surface area contributed by atoms with Crippen LogP contribution < -0.4 is 5.73 Å². The lowest BCUT2D eigenvalue weighted by atomic mass is 9.85. The fraction of sp³-hybridized carbons (Fsp3) is 1.00. The van der Waals surface area contributed by atoms with Crippen LogP contribution in [-0.2, 0) is 0 Å². The topological polar surface area (TPSA) is 49.5 Å². The van der Waals surface area contributed by atoms with Gasteiger partial charge >= 0.3 is 0 Å². The van der Waals surface area contributed by atoms with E-state index in [0.717, 1.165) is 31.2 Å². The SMILES string of the molecule is CC1CC(C)CN(CCC2CCCC2(N)CO)C1. The number of aliphatic hydroxyl groups excluding tert-OH is 1. The van der Waals surface area contributed by atoms with Crippen molar-refractivity contribution < 1.29 is 5.11 Å². The molecule has 1 aliphatic heterocycles. The Labute approximate surface area is 112 Å². The van der Waals surface area contributed by atoms with Gasteiger partial charge in [0, 0.05) is 18.6 Å². The van der Waals surface area contributed by atoms with Gasteiger partial charge in [-0.05, 0) is 50.0 Å². The molecule has 2 aliphatic rings. The normalized spacial score (nSPS) is 42.3. The third-order valence-electron chi connectivity index (χ3n) is 5.04. The van der Waals surface area contributed by atoms with E-state index in [-0.39, 0.29) is 12.1 Å². The van der Waals surface area contributed by atoms with Gasteiger partial charge in [-0.15, -0.1) is 0 Å². The first-order valence-corrected chi connectivity index (χ1v) is 7.65. The van der Waals surface area contributed by atoms with Crippen LogP contribution in [0.15, 0.2) is 0 Å². The molecule has 3 heteroatoms. The van der Waals surface area contributed by atoms with Gasteiger partial charge in [-0.3, -0.25) is 0 Å². The summed E-state index contributed by atoms with van der Waals surface area (Å²) in [4.78, 5) is 2.61. The van der Waals surface area contributed by atoms with Crippen molar-refractivity contribution in [1.82, 2.24) is 4.90 Å². The number of hydrogen-bond acceptors (Lipinski definition) is 3. The summed E-state index contributed by atoms with van der Waals surface area (Å²) in [5, 5.41) is 9.48. The number of hydrogen-bond donors (Lipinski definition) is 2. The molecule has 3 N–H and O–H groups in total. The van der Waals surface area contributed by atoms with Gasteiger partial charge in [0.25, 0.3) is 0 Å². The quantitative estimate of drug-likeness (QED) is 0.805. The van der Waals surface area contributed by atoms with Gasteiger partial charge < -0.3 is 15.7 Å². The average molecular weight is 254 g/mol. The Kier molecular flexibility index (Phi) is 4.68. The van der Waals surface area contributed by atoms with Crippen LogP contribution >= 0.6 is 0 Å². The van der Waals surface area contributed by atoms with E-state index in [2.05, 4.69) is 18.7 Å². The molecule has 0 aromatic rings. The summed E-state index contributed by atoms with van der Waals surface area (Å²) < 4.78 is 0. The molecule has 1 heterocycles. The molecule has 2 fully saturated rings. The van der Waals surface area contributed by atoms with E-state index in [1.165, 1.54) is 32.4 Å². The van der Waals surface area contributed by atoms with Crippen LogP contribution in [0.3, 0.4) is 0 Å². The molecule has 1 saturated carbocycles. The maximum absolute atomic E-state index is 9.48. The average Bonchev–Trinajstić information content (AvgIpc) is 2.68. The van der Waals surface area contributed by atoms with Gasteiger partial charge in [0.05, 0.1) is 6.61 Å². The molecule has 4 atom stereocenters. The van der Waals surface area contributed by atoms with Crippen molar-refractivity contribution >= 4 is 0 Å². The van der Waals surface area contributed by atoms with Crippen molar-refractivity contribution in [1.29, 1.82) is 0 Å². The van der Waals surface area contributed by atoms with E-state index < -0.39 is 0 Å². The molecule has 0 aromatic heterocycles. The van der Waals surface area contributed by atoms with Crippen LogP contribution in [0.1, 0.15) is 46.0 Å². The van der Waals surface area contributed by atoms with Gasteiger partial charge in [-0.25, -0.2) is 0 Å². The summed E-state index contributed by atoms with van der Waals surface area (Å²) in [5.41, 5.74) is 6.02. The minimum atomic E-state index is -0.285. The molecule has 4 unspecified atom stereocenters. The van der Waals surface area contributed by atoms with Crippen LogP contribution in [0, 0.1) is 17.8 Å². The monoisotopic (exact) mass is 254 g/mol. The first kappa shape index (κ1) is 14.3. The van der Waals surface area contributed by atoms with Crippen LogP contribution in [0.25, 0.3) is 0 Å². The predicted molar refractivity (Wildman–Crippen MR) is 75.3 cm³/mol. The van der Waals surface area contributed by atoms with E-state index in [1.807, 2.05) is 0 Å². The molecular weight excluding hydrogens is 224 g/mol. The molecule has 0 spiro atoms. The minimum absolute atomic E-state index is 0.157. The first-order valence-electron chi connectivity index (χ1n) is 7.65. The number of piperidine rings is 1. The lowest BCUT2D eigenvalue weighted by Crippen LogP contribution is -2.48. The number of aliphatic hydroxyl groups is 1. The highest BCUT2D eigenvalue weighted by atomic mass is 16.3. The molecule has 0 radical (unpaired) electrons. The molecule has 106 valence electrons. The lowest BCUT2D eigenvalue weighted by Gasteiger charge is -2.37. The van der Waals surface area contributed by atoms with Crippen molar-refractivity contribution in [2.45, 2.75) is 51.5 Å². The second-order valence-corrected chi connectivity index (χ2v) is 6.97. The largest absolute Gasteiger partial charge is 0.394 e. The first-order chi connectivity index (χ1) is 8.53. The second-order valence-electron chi connectivity index (χ2n) is 6.97. The Bertz CT molecular complexity index is 261. The Morgan fingerprint density at radius 2 is 1.94 bits per heavy atom. The van der Waals surface area contributed by atoms with Crippen molar-refractivity contribution in [3.63, 3.8) is 0 Å². The van der Waals surface area contributed by atoms with Gasteiger partial charge in [0.1, 0.15) is 0 Å². The van der Waals surface area contributed by atoms with Gasteiger partial charge in [0.2, 0.25) is 0 Å². The van der Waals surface area contributed by atoms with E-state index in [1.54, 1.807) is 0 Å².